The van der Waals surface area contributed by atoms with E-state index in [1.54, 1.807) is 6.08 Å². The number of hydrogen-bond acceptors (Lipinski definition) is 5. The molecule has 0 atom stereocenters. The van der Waals surface area contributed by atoms with Gasteiger partial charge in [-0.2, -0.15) is 5.26 Å². The van der Waals surface area contributed by atoms with Crippen molar-refractivity contribution in [3.05, 3.63) is 35.5 Å². The second-order valence-corrected chi connectivity index (χ2v) is 4.12. The predicted molar refractivity (Wildman–Crippen MR) is 73.5 cm³/mol. The minimum absolute atomic E-state index is 0.0454. The first kappa shape index (κ1) is 16.2. The maximum absolute atomic E-state index is 11.4. The first-order valence-electron chi connectivity index (χ1n) is 6.47. The smallest absolute Gasteiger partial charge is 0.348 e. The molecule has 1 aliphatic carbocycles. The number of nitriles is 1. The molecule has 0 spiro atoms. The molecule has 0 fully saturated rings. The van der Waals surface area contributed by atoms with Crippen LogP contribution in [0.1, 0.15) is 20.3 Å². The minimum Gasteiger partial charge on any atom is -0.465 e. The van der Waals surface area contributed by atoms with Crippen molar-refractivity contribution in [1.29, 1.82) is 5.26 Å². The Hall–Kier alpha value is -1.90. The summed E-state index contributed by atoms with van der Waals surface area (Å²) in [6.07, 6.45) is 7.39. The van der Waals surface area contributed by atoms with Crippen LogP contribution in [0.2, 0.25) is 0 Å². The number of methoxy groups -OCH3 is 1. The lowest BCUT2D eigenvalue weighted by molar-refractivity contribution is -0.198. The number of carbonyl (C=O) groups is 1. The molecule has 0 bridgehead atoms. The monoisotopic (exact) mass is 277 g/mol. The molecule has 0 unspecified atom stereocenters. The highest BCUT2D eigenvalue weighted by Crippen LogP contribution is 2.29. The summed E-state index contributed by atoms with van der Waals surface area (Å²) in [4.78, 5) is 11.4. The topological polar surface area (TPSA) is 68.5 Å². The average molecular weight is 277 g/mol. The fourth-order valence-electron chi connectivity index (χ4n) is 1.98. The Morgan fingerprint density at radius 1 is 1.45 bits per heavy atom. The van der Waals surface area contributed by atoms with E-state index in [1.165, 1.54) is 13.2 Å². The zero-order valence-electron chi connectivity index (χ0n) is 12.0. The molecule has 5 heteroatoms. The maximum atomic E-state index is 11.4. The molecule has 1 aliphatic rings. The predicted octanol–water partition coefficient (Wildman–Crippen LogP) is 2.26. The van der Waals surface area contributed by atoms with Crippen LogP contribution in [0.15, 0.2) is 35.5 Å². The highest BCUT2D eigenvalue weighted by atomic mass is 16.7. The zero-order valence-corrected chi connectivity index (χ0v) is 12.0. The van der Waals surface area contributed by atoms with Crippen molar-refractivity contribution in [2.24, 2.45) is 0 Å². The third-order valence-electron chi connectivity index (χ3n) is 2.74. The van der Waals surface area contributed by atoms with Gasteiger partial charge in [-0.25, -0.2) is 4.79 Å². The van der Waals surface area contributed by atoms with E-state index in [2.05, 4.69) is 4.74 Å². The summed E-state index contributed by atoms with van der Waals surface area (Å²) >= 11 is 0. The van der Waals surface area contributed by atoms with Gasteiger partial charge in [0.25, 0.3) is 0 Å². The van der Waals surface area contributed by atoms with E-state index < -0.39 is 11.8 Å². The Labute approximate surface area is 119 Å². The third kappa shape index (κ3) is 4.05. The van der Waals surface area contributed by atoms with Crippen LogP contribution in [0.25, 0.3) is 0 Å². The van der Waals surface area contributed by atoms with Crippen molar-refractivity contribution >= 4 is 5.97 Å². The second-order valence-electron chi connectivity index (χ2n) is 4.12. The molecule has 108 valence electrons. The van der Waals surface area contributed by atoms with Crippen molar-refractivity contribution in [2.45, 2.75) is 26.1 Å². The van der Waals surface area contributed by atoms with Crippen LogP contribution < -0.4 is 0 Å². The molecule has 0 aromatic carbocycles. The number of esters is 1. The van der Waals surface area contributed by atoms with Gasteiger partial charge in [-0.15, -0.1) is 0 Å². The van der Waals surface area contributed by atoms with Gasteiger partial charge >= 0.3 is 5.97 Å². The Kier molecular flexibility index (Phi) is 6.16. The summed E-state index contributed by atoms with van der Waals surface area (Å²) in [5.74, 6) is -1.48. The van der Waals surface area contributed by atoms with Gasteiger partial charge in [-0.3, -0.25) is 0 Å². The summed E-state index contributed by atoms with van der Waals surface area (Å²) in [5, 5.41) is 8.97. The number of hydrogen-bond donors (Lipinski definition) is 0. The summed E-state index contributed by atoms with van der Waals surface area (Å²) < 4.78 is 15.9. The van der Waals surface area contributed by atoms with Crippen molar-refractivity contribution in [3.63, 3.8) is 0 Å². The Balaban J connectivity index is 2.96. The highest BCUT2D eigenvalue weighted by Gasteiger charge is 2.31. The van der Waals surface area contributed by atoms with Gasteiger partial charge in [-0.1, -0.05) is 12.2 Å². The molecule has 0 aromatic heterocycles. The van der Waals surface area contributed by atoms with Crippen LogP contribution in [0, 0.1) is 11.3 Å². The summed E-state index contributed by atoms with van der Waals surface area (Å²) in [6, 6.07) is 1.83. The molecule has 1 rings (SSSR count). The van der Waals surface area contributed by atoms with E-state index in [0.717, 1.165) is 5.57 Å². The van der Waals surface area contributed by atoms with Crippen LogP contribution >= 0.6 is 0 Å². The van der Waals surface area contributed by atoms with Crippen LogP contribution in [0.5, 0.6) is 0 Å². The number of ether oxygens (including phenoxy) is 3. The molecular weight excluding hydrogens is 258 g/mol. The average Bonchev–Trinajstić information content (AvgIpc) is 2.44. The lowest BCUT2D eigenvalue weighted by Crippen LogP contribution is -2.35. The number of nitrogens with zero attached hydrogens (tertiary/aromatic N) is 1. The summed E-state index contributed by atoms with van der Waals surface area (Å²) in [5.41, 5.74) is 0.729. The molecule has 0 saturated heterocycles. The number of rotatable bonds is 6. The van der Waals surface area contributed by atoms with Crippen LogP contribution in [0.3, 0.4) is 0 Å². The molecule has 0 aromatic rings. The Morgan fingerprint density at radius 2 is 2.10 bits per heavy atom. The minimum atomic E-state index is -0.833. The molecule has 0 saturated carbocycles. The summed E-state index contributed by atoms with van der Waals surface area (Å²) in [6.45, 7) is 4.78. The van der Waals surface area contributed by atoms with E-state index in [9.17, 15) is 4.79 Å². The number of carbonyl (C=O) groups excluding carboxylic acids is 1. The van der Waals surface area contributed by atoms with Gasteiger partial charge in [0.05, 0.1) is 7.11 Å². The van der Waals surface area contributed by atoms with Gasteiger partial charge in [0.1, 0.15) is 11.6 Å². The van der Waals surface area contributed by atoms with Gasteiger partial charge in [-0.05, 0) is 31.6 Å². The maximum Gasteiger partial charge on any atom is 0.348 e. The lowest BCUT2D eigenvalue weighted by atomic mass is 9.97. The van der Waals surface area contributed by atoms with Gasteiger partial charge in [0.15, 0.2) is 5.79 Å². The van der Waals surface area contributed by atoms with Crippen molar-refractivity contribution in [1.82, 2.24) is 0 Å². The molecule has 0 aliphatic heterocycles. The molecule has 5 nitrogen and oxygen atoms in total. The molecule has 0 amide bonds. The van der Waals surface area contributed by atoms with Crippen molar-refractivity contribution in [3.8, 4) is 6.07 Å². The van der Waals surface area contributed by atoms with Crippen LogP contribution in [-0.2, 0) is 19.0 Å². The molecule has 20 heavy (non-hydrogen) atoms. The first-order chi connectivity index (χ1) is 9.60. The standard InChI is InChI=1S/C15H19NO4/c1-4-19-15(20-5-2)8-6-7-12(10-15)9-13(11-16)14(17)18-3/h6-9H,4-5,10H2,1-3H3. The lowest BCUT2D eigenvalue weighted by Gasteiger charge is -2.32. The van der Waals surface area contributed by atoms with Crippen molar-refractivity contribution in [2.75, 3.05) is 20.3 Å². The fraction of sp³-hybridized carbons (Fsp3) is 0.467. The highest BCUT2D eigenvalue weighted by molar-refractivity contribution is 5.93. The first-order valence-corrected chi connectivity index (χ1v) is 6.47. The van der Waals surface area contributed by atoms with Gasteiger partial charge < -0.3 is 14.2 Å². The molecule has 0 radical (unpaired) electrons. The largest absolute Gasteiger partial charge is 0.465 e. The van der Waals surface area contributed by atoms with E-state index in [-0.39, 0.29) is 5.57 Å². The van der Waals surface area contributed by atoms with E-state index in [4.69, 9.17) is 14.7 Å². The normalized spacial score (nSPS) is 17.3. The fourth-order valence-corrected chi connectivity index (χ4v) is 1.98. The van der Waals surface area contributed by atoms with Crippen molar-refractivity contribution < 1.29 is 19.0 Å². The van der Waals surface area contributed by atoms with E-state index in [1.807, 2.05) is 32.1 Å². The molecule has 0 heterocycles. The van der Waals surface area contributed by atoms with Crippen LogP contribution in [-0.4, -0.2) is 32.1 Å². The number of allylic oxidation sites excluding steroid dienone is 3. The third-order valence-corrected chi connectivity index (χ3v) is 2.74. The zero-order chi connectivity index (χ0) is 15.0. The second kappa shape index (κ2) is 7.63. The van der Waals surface area contributed by atoms with Gasteiger partial charge in [0, 0.05) is 19.6 Å². The van der Waals surface area contributed by atoms with Crippen LogP contribution in [0.4, 0.5) is 0 Å². The quantitative estimate of drug-likeness (QED) is 0.322. The summed E-state index contributed by atoms with van der Waals surface area (Å²) in [7, 11) is 1.24. The van der Waals surface area contributed by atoms with E-state index >= 15 is 0 Å². The molecular formula is C15H19NO4. The Morgan fingerprint density at radius 3 is 2.60 bits per heavy atom. The molecule has 0 N–H and O–H groups in total. The SMILES string of the molecule is CCOC1(OCC)C=CC=C(C=C(C#N)C(=O)OC)C1. The van der Waals surface area contributed by atoms with E-state index in [0.29, 0.717) is 19.6 Å². The Bertz CT molecular complexity index is 477. The van der Waals surface area contributed by atoms with Gasteiger partial charge in [0.2, 0.25) is 0 Å².